The fraction of sp³-hybridized carbons (Fsp3) is 0.680. The number of amides is 2. The molecule has 0 saturated carbocycles. The Morgan fingerprint density at radius 1 is 1.12 bits per heavy atom. The van der Waals surface area contributed by atoms with Crippen LogP contribution in [0.25, 0.3) is 0 Å². The zero-order valence-corrected chi connectivity index (χ0v) is 21.7. The zero-order valence-electron chi connectivity index (χ0n) is 20.9. The van der Waals surface area contributed by atoms with E-state index in [4.69, 9.17) is 4.74 Å². The van der Waals surface area contributed by atoms with Crippen LogP contribution in [0.2, 0.25) is 0 Å². The van der Waals surface area contributed by atoms with E-state index in [2.05, 4.69) is 12.2 Å². The van der Waals surface area contributed by atoms with Gasteiger partial charge in [0.2, 0.25) is 15.9 Å². The first kappa shape index (κ1) is 26.5. The summed E-state index contributed by atoms with van der Waals surface area (Å²) in [5.41, 5.74) is 0.294. The maximum atomic E-state index is 13.5. The molecule has 2 aliphatic heterocycles. The lowest BCUT2D eigenvalue weighted by Crippen LogP contribution is -2.49. The monoisotopic (exact) mass is 493 g/mol. The Morgan fingerprint density at radius 3 is 2.56 bits per heavy atom. The summed E-state index contributed by atoms with van der Waals surface area (Å²) in [4.78, 5) is 27.8. The number of likely N-dealkylation sites (tertiary alicyclic amines) is 1. The van der Waals surface area contributed by atoms with E-state index in [1.165, 1.54) is 17.5 Å². The number of piperidine rings is 2. The SMILES string of the molecule is CCCCNC(=O)C1CCC(C)N(C(=O)c2ccc(OC)c(S(=O)(=O)N3CCCCC3C)c2)C1. The second-order valence-corrected chi connectivity index (χ2v) is 11.4. The number of benzene rings is 1. The molecule has 3 unspecified atom stereocenters. The predicted octanol–water partition coefficient (Wildman–Crippen LogP) is 3.42. The summed E-state index contributed by atoms with van der Waals surface area (Å²) in [5.74, 6) is -0.304. The summed E-state index contributed by atoms with van der Waals surface area (Å²) < 4.78 is 33.9. The maximum absolute atomic E-state index is 13.5. The molecule has 2 saturated heterocycles. The minimum atomic E-state index is -3.82. The Bertz CT molecular complexity index is 981. The average Bonchev–Trinajstić information content (AvgIpc) is 2.83. The number of hydrogen-bond acceptors (Lipinski definition) is 5. The molecule has 0 aliphatic carbocycles. The van der Waals surface area contributed by atoms with Gasteiger partial charge >= 0.3 is 0 Å². The topological polar surface area (TPSA) is 96.0 Å². The Hall–Kier alpha value is -2.13. The van der Waals surface area contributed by atoms with E-state index in [0.29, 0.717) is 25.2 Å². The number of carbonyl (C=O) groups excluding carboxylic acids is 2. The third kappa shape index (κ3) is 5.74. The van der Waals surface area contributed by atoms with E-state index in [1.807, 2.05) is 13.8 Å². The van der Waals surface area contributed by atoms with Crippen molar-refractivity contribution in [3.63, 3.8) is 0 Å². The largest absolute Gasteiger partial charge is 0.495 e. The van der Waals surface area contributed by atoms with Gasteiger partial charge in [0.05, 0.1) is 13.0 Å². The Kier molecular flexibility index (Phi) is 8.98. The van der Waals surface area contributed by atoms with Crippen LogP contribution in [-0.2, 0) is 14.8 Å². The number of nitrogens with one attached hydrogen (secondary N) is 1. The van der Waals surface area contributed by atoms with Crippen molar-refractivity contribution in [3.8, 4) is 5.75 Å². The van der Waals surface area contributed by atoms with Gasteiger partial charge in [0, 0.05) is 37.3 Å². The molecule has 2 fully saturated rings. The molecule has 1 aromatic carbocycles. The molecule has 2 aliphatic rings. The molecule has 1 N–H and O–H groups in total. The molecule has 34 heavy (non-hydrogen) atoms. The lowest BCUT2D eigenvalue weighted by Gasteiger charge is -2.37. The highest BCUT2D eigenvalue weighted by Gasteiger charge is 2.36. The molecule has 190 valence electrons. The molecule has 1 aromatic rings. The summed E-state index contributed by atoms with van der Waals surface area (Å²) >= 11 is 0. The molecule has 2 heterocycles. The third-order valence-electron chi connectivity index (χ3n) is 7.08. The van der Waals surface area contributed by atoms with Gasteiger partial charge in [-0.15, -0.1) is 0 Å². The van der Waals surface area contributed by atoms with Gasteiger partial charge in [0.1, 0.15) is 10.6 Å². The second kappa shape index (κ2) is 11.5. The normalized spacial score (nSPS) is 24.0. The molecule has 8 nitrogen and oxygen atoms in total. The van der Waals surface area contributed by atoms with Crippen molar-refractivity contribution in [1.82, 2.24) is 14.5 Å². The van der Waals surface area contributed by atoms with Gasteiger partial charge in [-0.05, 0) is 64.2 Å². The number of sulfonamides is 1. The maximum Gasteiger partial charge on any atom is 0.254 e. The van der Waals surface area contributed by atoms with Crippen molar-refractivity contribution < 1.29 is 22.7 Å². The van der Waals surface area contributed by atoms with Crippen LogP contribution in [0.15, 0.2) is 23.1 Å². The molecule has 0 aromatic heterocycles. The molecule has 0 spiro atoms. The number of methoxy groups -OCH3 is 1. The number of nitrogens with zero attached hydrogens (tertiary/aromatic N) is 2. The highest BCUT2D eigenvalue weighted by molar-refractivity contribution is 7.89. The van der Waals surface area contributed by atoms with Crippen LogP contribution in [0, 0.1) is 5.92 Å². The fourth-order valence-electron chi connectivity index (χ4n) is 4.87. The van der Waals surface area contributed by atoms with Gasteiger partial charge in [0.15, 0.2) is 0 Å². The number of rotatable bonds is 8. The van der Waals surface area contributed by atoms with Gasteiger partial charge in [-0.1, -0.05) is 19.8 Å². The van der Waals surface area contributed by atoms with Gasteiger partial charge in [0.25, 0.3) is 5.91 Å². The van der Waals surface area contributed by atoms with Crippen molar-refractivity contribution in [2.45, 2.75) is 82.7 Å². The zero-order chi connectivity index (χ0) is 24.9. The molecule has 3 atom stereocenters. The Balaban J connectivity index is 1.85. The van der Waals surface area contributed by atoms with Crippen molar-refractivity contribution in [1.29, 1.82) is 0 Å². The average molecular weight is 494 g/mol. The van der Waals surface area contributed by atoms with Crippen LogP contribution < -0.4 is 10.1 Å². The lowest BCUT2D eigenvalue weighted by molar-refractivity contribution is -0.126. The summed E-state index contributed by atoms with van der Waals surface area (Å²) in [6, 6.07) is 4.47. The molecular formula is C25H39N3O5S. The van der Waals surface area contributed by atoms with Gasteiger partial charge in [-0.25, -0.2) is 8.42 Å². The van der Waals surface area contributed by atoms with Gasteiger partial charge in [-0.3, -0.25) is 9.59 Å². The number of ether oxygens (including phenoxy) is 1. The highest BCUT2D eigenvalue weighted by atomic mass is 32.2. The predicted molar refractivity (Wildman–Crippen MR) is 131 cm³/mol. The standard InChI is InChI=1S/C25H39N3O5S/c1-5-6-14-26-24(29)21-11-10-18(2)27(17-21)25(30)20-12-13-22(33-4)23(16-20)34(31,32)28-15-8-7-9-19(28)3/h12-13,16,18-19,21H,5-11,14-15,17H2,1-4H3,(H,26,29). The molecular weight excluding hydrogens is 454 g/mol. The third-order valence-corrected chi connectivity index (χ3v) is 9.12. The minimum absolute atomic E-state index is 0.0183. The first-order chi connectivity index (χ1) is 16.2. The summed E-state index contributed by atoms with van der Waals surface area (Å²) in [6.07, 6.45) is 6.03. The van der Waals surface area contributed by atoms with Crippen molar-refractivity contribution in [2.24, 2.45) is 5.92 Å². The quantitative estimate of drug-likeness (QED) is 0.560. The highest BCUT2D eigenvalue weighted by Crippen LogP contribution is 2.33. The van der Waals surface area contributed by atoms with E-state index >= 15 is 0 Å². The van der Waals surface area contributed by atoms with Crippen LogP contribution >= 0.6 is 0 Å². The first-order valence-electron chi connectivity index (χ1n) is 12.5. The van der Waals surface area contributed by atoms with Crippen molar-refractivity contribution in [2.75, 3.05) is 26.7 Å². The van der Waals surface area contributed by atoms with Crippen LogP contribution in [0.3, 0.4) is 0 Å². The molecule has 3 rings (SSSR count). The Labute approximate surface area is 204 Å². The summed E-state index contributed by atoms with van der Waals surface area (Å²) in [7, 11) is -2.38. The summed E-state index contributed by atoms with van der Waals surface area (Å²) in [5, 5.41) is 2.97. The minimum Gasteiger partial charge on any atom is -0.495 e. The van der Waals surface area contributed by atoms with Gasteiger partial charge in [-0.2, -0.15) is 4.31 Å². The van der Waals surface area contributed by atoms with Crippen LogP contribution in [-0.4, -0.2) is 68.3 Å². The van der Waals surface area contributed by atoms with Crippen molar-refractivity contribution in [3.05, 3.63) is 23.8 Å². The first-order valence-corrected chi connectivity index (χ1v) is 13.9. The second-order valence-electron chi connectivity index (χ2n) is 9.55. The summed E-state index contributed by atoms with van der Waals surface area (Å²) in [6.45, 7) is 7.39. The number of hydrogen-bond donors (Lipinski definition) is 1. The molecule has 0 bridgehead atoms. The van der Waals surface area contributed by atoms with Gasteiger partial charge < -0.3 is 15.0 Å². The van der Waals surface area contributed by atoms with E-state index < -0.39 is 10.0 Å². The smallest absolute Gasteiger partial charge is 0.254 e. The number of unbranched alkanes of at least 4 members (excludes halogenated alkanes) is 1. The molecule has 2 amide bonds. The van der Waals surface area contributed by atoms with E-state index in [1.54, 1.807) is 17.0 Å². The van der Waals surface area contributed by atoms with E-state index in [9.17, 15) is 18.0 Å². The Morgan fingerprint density at radius 2 is 1.88 bits per heavy atom. The lowest BCUT2D eigenvalue weighted by atomic mass is 9.92. The molecule has 9 heteroatoms. The fourth-order valence-corrected chi connectivity index (χ4v) is 6.75. The van der Waals surface area contributed by atoms with Crippen LogP contribution in [0.4, 0.5) is 0 Å². The van der Waals surface area contributed by atoms with E-state index in [0.717, 1.165) is 44.9 Å². The van der Waals surface area contributed by atoms with E-state index in [-0.39, 0.29) is 40.5 Å². The van der Waals surface area contributed by atoms with Crippen LogP contribution in [0.5, 0.6) is 5.75 Å². The molecule has 0 radical (unpaired) electrons. The number of carbonyl (C=O) groups is 2. The van der Waals surface area contributed by atoms with Crippen LogP contribution in [0.1, 0.15) is 76.1 Å². The van der Waals surface area contributed by atoms with Crippen molar-refractivity contribution >= 4 is 21.8 Å².